The normalized spacial score (nSPS) is 14.6. The molecule has 1 amide bonds. The van der Waals surface area contributed by atoms with Gasteiger partial charge in [-0.25, -0.2) is 0 Å². The van der Waals surface area contributed by atoms with Gasteiger partial charge in [0.15, 0.2) is 0 Å². The predicted octanol–water partition coefficient (Wildman–Crippen LogP) is 2.47. The number of carbonyl (C=O) groups excluding carboxylic acids is 1. The SMILES string of the molecule is O=C(c1ccc2nccnc2c1)N(CCCl)C1CC1. The molecule has 0 atom stereocenters. The van der Waals surface area contributed by atoms with E-state index in [-0.39, 0.29) is 5.91 Å². The zero-order chi connectivity index (χ0) is 13.2. The van der Waals surface area contributed by atoms with Crippen molar-refractivity contribution in [2.45, 2.75) is 18.9 Å². The first kappa shape index (κ1) is 12.4. The molecule has 0 bridgehead atoms. The second-order valence-corrected chi connectivity index (χ2v) is 5.06. The Balaban J connectivity index is 1.91. The summed E-state index contributed by atoms with van der Waals surface area (Å²) in [7, 11) is 0. The maximum Gasteiger partial charge on any atom is 0.254 e. The van der Waals surface area contributed by atoms with Gasteiger partial charge < -0.3 is 4.90 Å². The summed E-state index contributed by atoms with van der Waals surface area (Å²) >= 11 is 5.78. The van der Waals surface area contributed by atoms with Gasteiger partial charge in [-0.15, -0.1) is 11.6 Å². The summed E-state index contributed by atoms with van der Waals surface area (Å²) in [5, 5.41) is 0. The molecule has 1 aliphatic carbocycles. The van der Waals surface area contributed by atoms with Crippen molar-refractivity contribution in [2.24, 2.45) is 0 Å². The van der Waals surface area contributed by atoms with Crippen LogP contribution in [0.15, 0.2) is 30.6 Å². The van der Waals surface area contributed by atoms with Gasteiger partial charge in [0.05, 0.1) is 11.0 Å². The van der Waals surface area contributed by atoms with E-state index in [4.69, 9.17) is 11.6 Å². The Morgan fingerprint density at radius 2 is 2.00 bits per heavy atom. The van der Waals surface area contributed by atoms with Crippen LogP contribution in [0.4, 0.5) is 0 Å². The van der Waals surface area contributed by atoms with Gasteiger partial charge in [-0.05, 0) is 31.0 Å². The highest BCUT2D eigenvalue weighted by Gasteiger charge is 2.32. The van der Waals surface area contributed by atoms with Crippen molar-refractivity contribution in [3.05, 3.63) is 36.2 Å². The van der Waals surface area contributed by atoms with Gasteiger partial charge in [-0.1, -0.05) is 0 Å². The fourth-order valence-electron chi connectivity index (χ4n) is 2.19. The van der Waals surface area contributed by atoms with E-state index in [9.17, 15) is 4.79 Å². The van der Waals surface area contributed by atoms with Gasteiger partial charge in [-0.3, -0.25) is 14.8 Å². The molecular weight excluding hydrogens is 262 g/mol. The number of aromatic nitrogens is 2. The fraction of sp³-hybridized carbons (Fsp3) is 0.357. The molecule has 1 saturated carbocycles. The zero-order valence-corrected chi connectivity index (χ0v) is 11.2. The van der Waals surface area contributed by atoms with E-state index in [1.807, 2.05) is 17.0 Å². The quantitative estimate of drug-likeness (QED) is 0.806. The van der Waals surface area contributed by atoms with Crippen LogP contribution in [0, 0.1) is 0 Å². The van der Waals surface area contributed by atoms with E-state index >= 15 is 0 Å². The Morgan fingerprint density at radius 3 is 2.68 bits per heavy atom. The van der Waals surface area contributed by atoms with Crippen molar-refractivity contribution in [2.75, 3.05) is 12.4 Å². The smallest absolute Gasteiger partial charge is 0.254 e. The Bertz CT molecular complexity index is 612. The zero-order valence-electron chi connectivity index (χ0n) is 10.4. The standard InChI is InChI=1S/C14H14ClN3O/c15-5-8-18(11-2-3-11)14(19)10-1-4-12-13(9-10)17-7-6-16-12/h1,4,6-7,9,11H,2-3,5,8H2. The molecule has 0 saturated heterocycles. The molecule has 4 nitrogen and oxygen atoms in total. The molecule has 0 N–H and O–H groups in total. The number of alkyl halides is 1. The lowest BCUT2D eigenvalue weighted by Gasteiger charge is -2.21. The number of amides is 1. The Labute approximate surface area is 116 Å². The molecule has 1 fully saturated rings. The van der Waals surface area contributed by atoms with Crippen LogP contribution in [0.5, 0.6) is 0 Å². The highest BCUT2D eigenvalue weighted by atomic mass is 35.5. The van der Waals surface area contributed by atoms with Gasteiger partial charge in [0.25, 0.3) is 5.91 Å². The van der Waals surface area contributed by atoms with E-state index in [2.05, 4.69) is 9.97 Å². The number of hydrogen-bond acceptors (Lipinski definition) is 3. The Morgan fingerprint density at radius 1 is 1.26 bits per heavy atom. The summed E-state index contributed by atoms with van der Waals surface area (Å²) in [6, 6.07) is 5.81. The van der Waals surface area contributed by atoms with E-state index in [0.717, 1.165) is 23.9 Å². The highest BCUT2D eigenvalue weighted by molar-refractivity contribution is 6.18. The summed E-state index contributed by atoms with van der Waals surface area (Å²) in [6.07, 6.45) is 5.44. The molecule has 98 valence electrons. The molecule has 3 rings (SSSR count). The molecule has 0 radical (unpaired) electrons. The third-order valence-electron chi connectivity index (χ3n) is 3.29. The lowest BCUT2D eigenvalue weighted by molar-refractivity contribution is 0.0754. The minimum atomic E-state index is 0.0377. The molecule has 19 heavy (non-hydrogen) atoms. The van der Waals surface area contributed by atoms with E-state index in [1.165, 1.54) is 0 Å². The predicted molar refractivity (Wildman–Crippen MR) is 74.3 cm³/mol. The third-order valence-corrected chi connectivity index (χ3v) is 3.46. The van der Waals surface area contributed by atoms with Gasteiger partial charge >= 0.3 is 0 Å². The van der Waals surface area contributed by atoms with Crippen molar-refractivity contribution >= 4 is 28.5 Å². The number of fused-ring (bicyclic) bond motifs is 1. The first-order valence-corrected chi connectivity index (χ1v) is 6.91. The monoisotopic (exact) mass is 275 g/mol. The summed E-state index contributed by atoms with van der Waals surface area (Å²) in [6.45, 7) is 0.601. The van der Waals surface area contributed by atoms with Crippen LogP contribution >= 0.6 is 11.6 Å². The molecule has 1 aromatic heterocycles. The maximum atomic E-state index is 12.5. The second-order valence-electron chi connectivity index (χ2n) is 4.68. The summed E-state index contributed by atoms with van der Waals surface area (Å²) in [4.78, 5) is 22.8. The average molecular weight is 276 g/mol. The number of rotatable bonds is 4. The molecule has 0 spiro atoms. The largest absolute Gasteiger partial charge is 0.334 e. The van der Waals surface area contributed by atoms with E-state index < -0.39 is 0 Å². The Hall–Kier alpha value is -1.68. The van der Waals surface area contributed by atoms with Crippen LogP contribution in [0.3, 0.4) is 0 Å². The number of nitrogens with zero attached hydrogens (tertiary/aromatic N) is 3. The van der Waals surface area contributed by atoms with Crippen molar-refractivity contribution in [3.63, 3.8) is 0 Å². The van der Waals surface area contributed by atoms with Crippen molar-refractivity contribution in [1.29, 1.82) is 0 Å². The Kier molecular flexibility index (Phi) is 3.34. The highest BCUT2D eigenvalue weighted by Crippen LogP contribution is 2.28. The molecule has 1 aromatic carbocycles. The topological polar surface area (TPSA) is 46.1 Å². The molecule has 2 aromatic rings. The van der Waals surface area contributed by atoms with Gasteiger partial charge in [-0.2, -0.15) is 0 Å². The van der Waals surface area contributed by atoms with E-state index in [1.54, 1.807) is 18.5 Å². The minimum Gasteiger partial charge on any atom is -0.334 e. The number of halogens is 1. The number of hydrogen-bond donors (Lipinski definition) is 0. The van der Waals surface area contributed by atoms with Crippen LogP contribution < -0.4 is 0 Å². The van der Waals surface area contributed by atoms with Crippen LogP contribution in [0.25, 0.3) is 11.0 Å². The van der Waals surface area contributed by atoms with Crippen LogP contribution in [0.2, 0.25) is 0 Å². The summed E-state index contributed by atoms with van der Waals surface area (Å²) in [5.41, 5.74) is 2.20. The van der Waals surface area contributed by atoms with Gasteiger partial charge in [0.1, 0.15) is 0 Å². The molecule has 1 aliphatic rings. The second kappa shape index (κ2) is 5.13. The first-order valence-electron chi connectivity index (χ1n) is 6.37. The average Bonchev–Trinajstić information content (AvgIpc) is 3.28. The lowest BCUT2D eigenvalue weighted by Crippen LogP contribution is -2.34. The first-order chi connectivity index (χ1) is 9.29. The summed E-state index contributed by atoms with van der Waals surface area (Å²) in [5.74, 6) is 0.506. The lowest BCUT2D eigenvalue weighted by atomic mass is 10.1. The third kappa shape index (κ3) is 2.54. The van der Waals surface area contributed by atoms with E-state index in [0.29, 0.717) is 24.0 Å². The molecule has 0 unspecified atom stereocenters. The molecular formula is C14H14ClN3O. The van der Waals surface area contributed by atoms with Crippen molar-refractivity contribution in [1.82, 2.24) is 14.9 Å². The van der Waals surface area contributed by atoms with Crippen molar-refractivity contribution in [3.8, 4) is 0 Å². The fourth-order valence-corrected chi connectivity index (χ4v) is 2.37. The van der Waals surface area contributed by atoms with Crippen molar-refractivity contribution < 1.29 is 4.79 Å². The minimum absolute atomic E-state index is 0.0377. The maximum absolute atomic E-state index is 12.5. The van der Waals surface area contributed by atoms with Gasteiger partial charge in [0, 0.05) is 36.4 Å². The van der Waals surface area contributed by atoms with Crippen LogP contribution in [0.1, 0.15) is 23.2 Å². The van der Waals surface area contributed by atoms with Crippen LogP contribution in [-0.2, 0) is 0 Å². The number of carbonyl (C=O) groups is 1. The molecule has 5 heteroatoms. The summed E-state index contributed by atoms with van der Waals surface area (Å²) < 4.78 is 0. The number of benzene rings is 1. The van der Waals surface area contributed by atoms with Crippen LogP contribution in [-0.4, -0.2) is 39.2 Å². The van der Waals surface area contributed by atoms with Gasteiger partial charge in [0.2, 0.25) is 0 Å². The molecule has 1 heterocycles. The molecule has 0 aliphatic heterocycles.